The third kappa shape index (κ3) is 5.17. The molecule has 124 valence electrons. The molecule has 25 heavy (non-hydrogen) atoms. The van der Waals surface area contributed by atoms with Gasteiger partial charge in [0.2, 0.25) is 0 Å². The first-order valence-corrected chi connectivity index (χ1v) is 9.12. The molecule has 1 unspecified atom stereocenters. The molecule has 0 aliphatic carbocycles. The second-order valence-electron chi connectivity index (χ2n) is 5.67. The van der Waals surface area contributed by atoms with Crippen LogP contribution in [0.2, 0.25) is 0 Å². The van der Waals surface area contributed by atoms with Gasteiger partial charge in [0.25, 0.3) is 0 Å². The normalized spacial score (nSPS) is 11.6. The summed E-state index contributed by atoms with van der Waals surface area (Å²) in [6.07, 6.45) is 0. The van der Waals surface area contributed by atoms with Crippen LogP contribution >= 0.6 is 22.6 Å². The van der Waals surface area contributed by atoms with Crippen LogP contribution in [0.3, 0.4) is 0 Å². The van der Waals surface area contributed by atoms with E-state index in [0.29, 0.717) is 6.54 Å². The minimum absolute atomic E-state index is 0.388. The van der Waals surface area contributed by atoms with Gasteiger partial charge in [0.15, 0.2) is 0 Å². The van der Waals surface area contributed by atoms with Crippen LogP contribution in [-0.2, 0) is 6.54 Å². The van der Waals surface area contributed by atoms with Crippen LogP contribution < -0.4 is 0 Å². The maximum Gasteiger partial charge on any atom is 0.121 e. The summed E-state index contributed by atoms with van der Waals surface area (Å²) in [4.78, 5) is 0. The zero-order valence-corrected chi connectivity index (χ0v) is 15.8. The zero-order chi connectivity index (χ0) is 17.5. The average Bonchev–Trinajstić information content (AvgIpc) is 2.65. The van der Waals surface area contributed by atoms with E-state index in [2.05, 4.69) is 34.4 Å². The van der Waals surface area contributed by atoms with E-state index in [1.807, 2.05) is 84.9 Å². The monoisotopic (exact) mass is 439 g/mol. The molecule has 1 N–H and O–H groups in total. The zero-order valence-electron chi connectivity index (χ0n) is 13.6. The van der Waals surface area contributed by atoms with Gasteiger partial charge in [-0.25, -0.2) is 0 Å². The number of hydrogen-bond donors (Lipinski definition) is 1. The van der Waals surface area contributed by atoms with Gasteiger partial charge >= 0.3 is 0 Å². The molecule has 3 rings (SSSR count). The molecule has 0 radical (unpaired) electrons. The summed E-state index contributed by atoms with van der Waals surface area (Å²) < 4.78 is 1.18. The van der Waals surface area contributed by atoms with E-state index in [1.165, 1.54) is 8.63 Å². The van der Waals surface area contributed by atoms with Crippen LogP contribution in [0.1, 0.15) is 22.7 Å². The van der Waals surface area contributed by atoms with Crippen LogP contribution in [0.4, 0.5) is 0 Å². The predicted octanol–water partition coefficient (Wildman–Crippen LogP) is 5.28. The molecule has 0 saturated carbocycles. The molecule has 0 heterocycles. The average molecular weight is 439 g/mol. The third-order valence-electron chi connectivity index (χ3n) is 3.80. The van der Waals surface area contributed by atoms with Crippen molar-refractivity contribution >= 4 is 22.6 Å². The number of hydrogen-bond acceptors (Lipinski definition) is 2. The standard InChI is InChI=1S/C22H18INO/c23-21-14-11-18(12-15-21)13-16-22(20-9-5-2-6-10-20)24(25)17-19-7-3-1-4-8-19/h1-12,14-15,22,25H,17H2. The summed E-state index contributed by atoms with van der Waals surface area (Å²) in [7, 11) is 0. The lowest BCUT2D eigenvalue weighted by molar-refractivity contribution is -0.121. The number of rotatable bonds is 4. The maximum atomic E-state index is 10.7. The Balaban J connectivity index is 1.86. The largest absolute Gasteiger partial charge is 0.312 e. The minimum Gasteiger partial charge on any atom is -0.312 e. The second-order valence-corrected chi connectivity index (χ2v) is 6.92. The first-order valence-electron chi connectivity index (χ1n) is 8.04. The van der Waals surface area contributed by atoms with Gasteiger partial charge in [-0.2, -0.15) is 5.06 Å². The Bertz CT molecular complexity index is 851. The van der Waals surface area contributed by atoms with E-state index in [4.69, 9.17) is 0 Å². The van der Waals surface area contributed by atoms with Gasteiger partial charge in [-0.1, -0.05) is 72.5 Å². The summed E-state index contributed by atoms with van der Waals surface area (Å²) in [5, 5.41) is 12.0. The molecular formula is C22H18INO. The Morgan fingerprint density at radius 2 is 1.44 bits per heavy atom. The van der Waals surface area contributed by atoms with E-state index in [0.717, 1.165) is 16.7 Å². The lowest BCUT2D eigenvalue weighted by Gasteiger charge is -2.22. The molecule has 3 aromatic carbocycles. The topological polar surface area (TPSA) is 23.5 Å². The van der Waals surface area contributed by atoms with Crippen molar-refractivity contribution in [3.05, 3.63) is 105 Å². The van der Waals surface area contributed by atoms with Crippen LogP contribution in [0, 0.1) is 15.4 Å². The van der Waals surface area contributed by atoms with Crippen molar-refractivity contribution in [3.8, 4) is 11.8 Å². The molecule has 0 aliphatic heterocycles. The Labute approximate surface area is 162 Å². The molecule has 0 aliphatic rings. The van der Waals surface area contributed by atoms with Gasteiger partial charge in [-0.05, 0) is 58.0 Å². The Morgan fingerprint density at radius 3 is 2.08 bits per heavy atom. The summed E-state index contributed by atoms with van der Waals surface area (Å²) in [6, 6.07) is 27.4. The maximum absolute atomic E-state index is 10.7. The quantitative estimate of drug-likeness (QED) is 0.340. The van der Waals surface area contributed by atoms with Gasteiger partial charge in [0.1, 0.15) is 6.04 Å². The van der Waals surface area contributed by atoms with Gasteiger partial charge in [-0.15, -0.1) is 0 Å². The lowest BCUT2D eigenvalue weighted by atomic mass is 10.1. The molecule has 3 heteroatoms. The van der Waals surface area contributed by atoms with Gasteiger partial charge < -0.3 is 5.21 Å². The fraction of sp³-hybridized carbons (Fsp3) is 0.0909. The van der Waals surface area contributed by atoms with Crippen molar-refractivity contribution in [1.82, 2.24) is 5.06 Å². The highest BCUT2D eigenvalue weighted by Crippen LogP contribution is 2.20. The highest BCUT2D eigenvalue weighted by Gasteiger charge is 2.16. The van der Waals surface area contributed by atoms with Crippen molar-refractivity contribution in [2.24, 2.45) is 0 Å². The molecule has 0 saturated heterocycles. The molecule has 0 spiro atoms. The SMILES string of the molecule is ON(Cc1ccccc1)C(C#Cc1ccc(I)cc1)c1ccccc1. The number of benzene rings is 3. The number of halogens is 1. The van der Waals surface area contributed by atoms with Crippen molar-refractivity contribution in [2.75, 3.05) is 0 Å². The molecule has 0 aromatic heterocycles. The fourth-order valence-electron chi connectivity index (χ4n) is 2.51. The smallest absolute Gasteiger partial charge is 0.121 e. The van der Waals surface area contributed by atoms with Crippen LogP contribution in [0.25, 0.3) is 0 Å². The first-order chi connectivity index (χ1) is 12.2. The van der Waals surface area contributed by atoms with Crippen molar-refractivity contribution in [3.63, 3.8) is 0 Å². The molecule has 1 atom stereocenters. The molecular weight excluding hydrogens is 421 g/mol. The predicted molar refractivity (Wildman–Crippen MR) is 109 cm³/mol. The summed E-state index contributed by atoms with van der Waals surface area (Å²) >= 11 is 2.27. The van der Waals surface area contributed by atoms with E-state index < -0.39 is 0 Å². The number of hydroxylamine groups is 2. The minimum atomic E-state index is -0.388. The molecule has 0 amide bonds. The van der Waals surface area contributed by atoms with Gasteiger partial charge in [0.05, 0.1) is 6.54 Å². The number of nitrogens with zero attached hydrogens (tertiary/aromatic N) is 1. The van der Waals surface area contributed by atoms with Crippen molar-refractivity contribution < 1.29 is 5.21 Å². The Morgan fingerprint density at radius 1 is 0.840 bits per heavy atom. The highest BCUT2D eigenvalue weighted by molar-refractivity contribution is 14.1. The molecule has 2 nitrogen and oxygen atoms in total. The highest BCUT2D eigenvalue weighted by atomic mass is 127. The lowest BCUT2D eigenvalue weighted by Crippen LogP contribution is -2.24. The third-order valence-corrected chi connectivity index (χ3v) is 4.52. The summed E-state index contributed by atoms with van der Waals surface area (Å²) in [5.74, 6) is 6.40. The van der Waals surface area contributed by atoms with E-state index >= 15 is 0 Å². The van der Waals surface area contributed by atoms with E-state index in [-0.39, 0.29) is 6.04 Å². The van der Waals surface area contributed by atoms with Gasteiger partial charge in [0, 0.05) is 9.13 Å². The Hall–Kier alpha value is -2.13. The Kier molecular flexibility index (Phi) is 6.24. The van der Waals surface area contributed by atoms with Crippen LogP contribution in [0.5, 0.6) is 0 Å². The summed E-state index contributed by atoms with van der Waals surface area (Å²) in [6.45, 7) is 0.418. The molecule has 0 bridgehead atoms. The fourth-order valence-corrected chi connectivity index (χ4v) is 2.87. The van der Waals surface area contributed by atoms with Crippen LogP contribution in [0.15, 0.2) is 84.9 Å². The van der Waals surface area contributed by atoms with Crippen molar-refractivity contribution in [2.45, 2.75) is 12.6 Å². The molecule has 3 aromatic rings. The molecule has 0 fully saturated rings. The second kappa shape index (κ2) is 8.82. The summed E-state index contributed by atoms with van der Waals surface area (Å²) in [5.41, 5.74) is 2.95. The van der Waals surface area contributed by atoms with E-state index in [1.54, 1.807) is 0 Å². The van der Waals surface area contributed by atoms with Gasteiger partial charge in [-0.3, -0.25) is 0 Å². The first kappa shape index (κ1) is 17.7. The van der Waals surface area contributed by atoms with Crippen LogP contribution in [-0.4, -0.2) is 10.3 Å². The van der Waals surface area contributed by atoms with Crippen molar-refractivity contribution in [1.29, 1.82) is 0 Å². The van der Waals surface area contributed by atoms with E-state index in [9.17, 15) is 5.21 Å².